The monoisotopic (exact) mass is 262 g/mol. The van der Waals surface area contributed by atoms with Gasteiger partial charge in [-0.2, -0.15) is 22.0 Å². The van der Waals surface area contributed by atoms with Crippen LogP contribution in [0.1, 0.15) is 6.42 Å². The van der Waals surface area contributed by atoms with Crippen molar-refractivity contribution in [1.82, 2.24) is 0 Å². The van der Waals surface area contributed by atoms with Crippen molar-refractivity contribution in [3.63, 3.8) is 0 Å². The molecule has 2 nitrogen and oxygen atoms in total. The lowest BCUT2D eigenvalue weighted by Gasteiger charge is -2.26. The maximum Gasteiger partial charge on any atom is 0.456 e. The van der Waals surface area contributed by atoms with E-state index in [1.54, 1.807) is 0 Å². The van der Waals surface area contributed by atoms with Crippen LogP contribution in [0.15, 0.2) is 23.8 Å². The molecule has 0 radical (unpaired) electrons. The van der Waals surface area contributed by atoms with Crippen molar-refractivity contribution in [2.24, 2.45) is 0 Å². The Kier molecular flexibility index (Phi) is 3.32. The molecular weight excluding hydrogens is 254 g/mol. The van der Waals surface area contributed by atoms with Gasteiger partial charge in [-0.25, -0.2) is 4.39 Å². The van der Waals surface area contributed by atoms with E-state index in [-0.39, 0.29) is 0 Å². The SMILES string of the molecule is OC1(O)C=CC(C(F)C(F)(F)C(F)(F)F)=CC1. The molecule has 1 aliphatic carbocycles. The summed E-state index contributed by atoms with van der Waals surface area (Å²) in [5.74, 6) is -7.87. The summed E-state index contributed by atoms with van der Waals surface area (Å²) in [7, 11) is 0. The molecule has 0 aromatic rings. The number of hydrogen-bond donors (Lipinski definition) is 2. The van der Waals surface area contributed by atoms with E-state index >= 15 is 0 Å². The van der Waals surface area contributed by atoms with Crippen LogP contribution in [-0.2, 0) is 0 Å². The lowest BCUT2D eigenvalue weighted by atomic mass is 9.96. The summed E-state index contributed by atoms with van der Waals surface area (Å²) in [5.41, 5.74) is -0.939. The zero-order valence-electron chi connectivity index (χ0n) is 8.18. The smallest absolute Gasteiger partial charge is 0.362 e. The summed E-state index contributed by atoms with van der Waals surface area (Å²) in [5, 5.41) is 17.9. The third-order valence-electron chi connectivity index (χ3n) is 2.17. The van der Waals surface area contributed by atoms with Crippen LogP contribution in [0.3, 0.4) is 0 Å². The van der Waals surface area contributed by atoms with Gasteiger partial charge in [0.25, 0.3) is 0 Å². The van der Waals surface area contributed by atoms with E-state index in [4.69, 9.17) is 10.2 Å². The van der Waals surface area contributed by atoms with Crippen LogP contribution in [0, 0.1) is 0 Å². The average Bonchev–Trinajstić information content (AvgIpc) is 2.15. The largest absolute Gasteiger partial charge is 0.456 e. The second-order valence-corrected chi connectivity index (χ2v) is 3.60. The Morgan fingerprint density at radius 2 is 1.71 bits per heavy atom. The molecule has 0 bridgehead atoms. The molecule has 1 rings (SSSR count). The molecule has 0 saturated heterocycles. The van der Waals surface area contributed by atoms with Crippen LogP contribution < -0.4 is 0 Å². The van der Waals surface area contributed by atoms with Crippen molar-refractivity contribution in [3.8, 4) is 0 Å². The first kappa shape index (κ1) is 14.0. The molecule has 0 fully saturated rings. The molecule has 2 N–H and O–H groups in total. The van der Waals surface area contributed by atoms with E-state index in [2.05, 4.69) is 0 Å². The minimum Gasteiger partial charge on any atom is -0.362 e. The minimum atomic E-state index is -6.01. The Morgan fingerprint density at radius 1 is 1.18 bits per heavy atom. The Labute approximate surface area is 91.9 Å². The highest BCUT2D eigenvalue weighted by atomic mass is 19.4. The van der Waals surface area contributed by atoms with Crippen LogP contribution in [0.2, 0.25) is 0 Å². The van der Waals surface area contributed by atoms with Gasteiger partial charge in [-0.1, -0.05) is 12.2 Å². The molecule has 0 heterocycles. The lowest BCUT2D eigenvalue weighted by Crippen LogP contribution is -2.46. The fraction of sp³-hybridized carbons (Fsp3) is 0.556. The maximum atomic E-state index is 13.1. The zero-order chi connectivity index (χ0) is 13.5. The summed E-state index contributed by atoms with van der Waals surface area (Å²) in [6, 6.07) is 0. The van der Waals surface area contributed by atoms with Gasteiger partial charge in [0.15, 0.2) is 12.0 Å². The summed E-state index contributed by atoms with van der Waals surface area (Å²) in [6.45, 7) is 0. The highest BCUT2D eigenvalue weighted by Crippen LogP contribution is 2.42. The van der Waals surface area contributed by atoms with Crippen LogP contribution in [-0.4, -0.2) is 34.3 Å². The molecule has 1 unspecified atom stereocenters. The standard InChI is InChI=1S/C9H8F6O2/c10-6(8(11,12)9(13,14)15)5-1-3-7(16,17)4-2-5/h1-3,6,16-17H,4H2. The molecule has 0 aromatic carbocycles. The van der Waals surface area contributed by atoms with Crippen LogP contribution in [0.25, 0.3) is 0 Å². The van der Waals surface area contributed by atoms with E-state index in [0.29, 0.717) is 18.2 Å². The van der Waals surface area contributed by atoms with Crippen molar-refractivity contribution in [3.05, 3.63) is 23.8 Å². The van der Waals surface area contributed by atoms with Gasteiger partial charge in [0.2, 0.25) is 0 Å². The topological polar surface area (TPSA) is 40.5 Å². The fourth-order valence-electron chi connectivity index (χ4n) is 1.17. The highest BCUT2D eigenvalue weighted by Gasteiger charge is 2.64. The molecule has 0 spiro atoms. The Balaban J connectivity index is 2.91. The molecule has 0 amide bonds. The van der Waals surface area contributed by atoms with Crippen molar-refractivity contribution >= 4 is 0 Å². The summed E-state index contributed by atoms with van der Waals surface area (Å²) >= 11 is 0. The number of hydrogen-bond acceptors (Lipinski definition) is 2. The quantitative estimate of drug-likeness (QED) is 0.591. The van der Waals surface area contributed by atoms with Gasteiger partial charge in [-0.3, -0.25) is 0 Å². The van der Waals surface area contributed by atoms with Gasteiger partial charge in [0.1, 0.15) is 0 Å². The molecule has 0 aliphatic heterocycles. The third-order valence-corrected chi connectivity index (χ3v) is 2.17. The summed E-state index contributed by atoms with van der Waals surface area (Å²) < 4.78 is 73.8. The fourth-order valence-corrected chi connectivity index (χ4v) is 1.17. The van der Waals surface area contributed by atoms with E-state index < -0.39 is 36.1 Å². The number of halogens is 6. The van der Waals surface area contributed by atoms with Gasteiger partial charge >= 0.3 is 12.1 Å². The van der Waals surface area contributed by atoms with E-state index in [1.807, 2.05) is 0 Å². The first-order valence-electron chi connectivity index (χ1n) is 4.40. The Hall–Kier alpha value is -1.02. The van der Waals surface area contributed by atoms with Gasteiger partial charge in [0.05, 0.1) is 0 Å². The maximum absolute atomic E-state index is 13.1. The molecule has 1 atom stereocenters. The van der Waals surface area contributed by atoms with Crippen molar-refractivity contribution in [2.45, 2.75) is 30.5 Å². The van der Waals surface area contributed by atoms with Gasteiger partial charge in [-0.15, -0.1) is 0 Å². The Bertz CT molecular complexity index is 355. The number of alkyl halides is 6. The van der Waals surface area contributed by atoms with E-state index in [1.165, 1.54) is 0 Å². The predicted molar refractivity (Wildman–Crippen MR) is 44.9 cm³/mol. The normalized spacial score (nSPS) is 22.2. The van der Waals surface area contributed by atoms with Gasteiger partial charge in [0, 0.05) is 6.42 Å². The molecular formula is C9H8F6O2. The average molecular weight is 262 g/mol. The highest BCUT2D eigenvalue weighted by molar-refractivity contribution is 5.31. The lowest BCUT2D eigenvalue weighted by molar-refractivity contribution is -0.298. The first-order valence-corrected chi connectivity index (χ1v) is 4.40. The molecule has 98 valence electrons. The molecule has 17 heavy (non-hydrogen) atoms. The molecule has 0 saturated carbocycles. The predicted octanol–water partition coefficient (Wildman–Crippen LogP) is 2.09. The van der Waals surface area contributed by atoms with Crippen molar-refractivity contribution < 1.29 is 36.6 Å². The summed E-state index contributed by atoms with van der Waals surface area (Å²) in [4.78, 5) is 0. The second-order valence-electron chi connectivity index (χ2n) is 3.60. The number of aliphatic hydroxyl groups is 2. The van der Waals surface area contributed by atoms with Crippen LogP contribution in [0.5, 0.6) is 0 Å². The van der Waals surface area contributed by atoms with E-state index in [9.17, 15) is 26.3 Å². The number of allylic oxidation sites excluding steroid dienone is 2. The van der Waals surface area contributed by atoms with Crippen molar-refractivity contribution in [1.29, 1.82) is 0 Å². The second kappa shape index (κ2) is 4.02. The third kappa shape index (κ3) is 2.81. The zero-order valence-corrected chi connectivity index (χ0v) is 8.18. The molecule has 8 heteroatoms. The van der Waals surface area contributed by atoms with E-state index in [0.717, 1.165) is 0 Å². The van der Waals surface area contributed by atoms with Crippen molar-refractivity contribution in [2.75, 3.05) is 0 Å². The van der Waals surface area contributed by atoms with Crippen LogP contribution in [0.4, 0.5) is 26.3 Å². The Morgan fingerprint density at radius 3 is 2.06 bits per heavy atom. The van der Waals surface area contributed by atoms with Gasteiger partial charge < -0.3 is 10.2 Å². The number of rotatable bonds is 2. The minimum absolute atomic E-state index is 0.494. The first-order chi connectivity index (χ1) is 7.47. The van der Waals surface area contributed by atoms with Gasteiger partial charge in [-0.05, 0) is 11.6 Å². The van der Waals surface area contributed by atoms with Crippen LogP contribution >= 0.6 is 0 Å². The summed E-state index contributed by atoms with van der Waals surface area (Å²) in [6.07, 6.45) is -8.62. The molecule has 0 aromatic heterocycles. The molecule has 1 aliphatic rings.